The summed E-state index contributed by atoms with van der Waals surface area (Å²) >= 11 is 5.52. The third-order valence-corrected chi connectivity index (χ3v) is 2.01. The Labute approximate surface area is 81.6 Å². The second kappa shape index (κ2) is 2.66. The monoisotopic (exact) mass is 221 g/mol. The van der Waals surface area contributed by atoms with Crippen LogP contribution in [-0.4, -0.2) is 11.2 Å². The highest BCUT2D eigenvalue weighted by Gasteiger charge is 2.65. The van der Waals surface area contributed by atoms with Crippen LogP contribution in [0.2, 0.25) is 5.02 Å². The van der Waals surface area contributed by atoms with Gasteiger partial charge in [-0.1, -0.05) is 11.6 Å². The van der Waals surface area contributed by atoms with E-state index in [1.165, 1.54) is 6.20 Å². The molecule has 1 aromatic rings. The molecule has 0 aromatic carbocycles. The maximum absolute atomic E-state index is 12.5. The lowest BCUT2D eigenvalue weighted by Gasteiger charge is -2.13. The van der Waals surface area contributed by atoms with Gasteiger partial charge >= 0.3 is 11.8 Å². The van der Waals surface area contributed by atoms with Crippen LogP contribution in [0.4, 0.5) is 13.2 Å². The standard InChI is InChI=1S/C7H3ClF3N3/c8-5-1-4(2-12-3-5)6(13-14-6)7(9,10)11/h1-3H. The Morgan fingerprint density at radius 1 is 1.21 bits per heavy atom. The highest BCUT2D eigenvalue weighted by Crippen LogP contribution is 2.52. The van der Waals surface area contributed by atoms with Gasteiger partial charge in [0.1, 0.15) is 0 Å². The van der Waals surface area contributed by atoms with E-state index >= 15 is 0 Å². The average molecular weight is 222 g/mol. The SMILES string of the molecule is FC(F)(F)C1(c2cncc(Cl)c2)N=N1. The summed E-state index contributed by atoms with van der Waals surface area (Å²) in [4.78, 5) is 3.55. The van der Waals surface area contributed by atoms with Gasteiger partial charge in [0, 0.05) is 18.0 Å². The Morgan fingerprint density at radius 2 is 1.86 bits per heavy atom. The van der Waals surface area contributed by atoms with Gasteiger partial charge in [0.2, 0.25) is 0 Å². The van der Waals surface area contributed by atoms with Crippen LogP contribution in [0.15, 0.2) is 28.7 Å². The second-order valence-corrected chi connectivity index (χ2v) is 3.20. The molecule has 1 aromatic heterocycles. The molecule has 0 radical (unpaired) electrons. The first-order chi connectivity index (χ1) is 6.46. The molecule has 0 saturated heterocycles. The fourth-order valence-corrected chi connectivity index (χ4v) is 1.22. The molecule has 0 spiro atoms. The molecule has 0 atom stereocenters. The van der Waals surface area contributed by atoms with E-state index < -0.39 is 11.8 Å². The molecule has 2 rings (SSSR count). The van der Waals surface area contributed by atoms with Crippen molar-refractivity contribution >= 4 is 11.6 Å². The van der Waals surface area contributed by atoms with Crippen molar-refractivity contribution in [3.05, 3.63) is 29.0 Å². The van der Waals surface area contributed by atoms with Crippen LogP contribution in [0.5, 0.6) is 0 Å². The lowest BCUT2D eigenvalue weighted by molar-refractivity contribution is -0.166. The predicted octanol–water partition coefficient (Wildman–Crippen LogP) is 2.92. The molecule has 0 bridgehead atoms. The first kappa shape index (κ1) is 9.39. The number of aromatic nitrogens is 1. The fraction of sp³-hybridized carbons (Fsp3) is 0.286. The van der Waals surface area contributed by atoms with Crippen molar-refractivity contribution in [1.29, 1.82) is 0 Å². The summed E-state index contributed by atoms with van der Waals surface area (Å²) < 4.78 is 37.4. The summed E-state index contributed by atoms with van der Waals surface area (Å²) in [6.45, 7) is 0. The normalized spacial score (nSPS) is 18.3. The third kappa shape index (κ3) is 1.26. The third-order valence-electron chi connectivity index (χ3n) is 1.80. The van der Waals surface area contributed by atoms with Crippen LogP contribution in [0.25, 0.3) is 0 Å². The lowest BCUT2D eigenvalue weighted by Crippen LogP contribution is -2.30. The quantitative estimate of drug-likeness (QED) is 0.718. The number of rotatable bonds is 1. The molecule has 0 N–H and O–H groups in total. The molecule has 0 fully saturated rings. The molecule has 0 unspecified atom stereocenters. The molecule has 1 aliphatic heterocycles. The smallest absolute Gasteiger partial charge is 0.263 e. The number of hydrogen-bond acceptors (Lipinski definition) is 3. The molecular weight excluding hydrogens is 219 g/mol. The molecular formula is C7H3ClF3N3. The topological polar surface area (TPSA) is 37.6 Å². The molecule has 0 amide bonds. The highest BCUT2D eigenvalue weighted by molar-refractivity contribution is 6.30. The average Bonchev–Trinajstić information content (AvgIpc) is 2.82. The van der Waals surface area contributed by atoms with E-state index in [-0.39, 0.29) is 10.6 Å². The molecule has 7 heteroatoms. The largest absolute Gasteiger partial charge is 0.442 e. The Bertz CT molecular complexity index is 395. The maximum Gasteiger partial charge on any atom is 0.442 e. The van der Waals surface area contributed by atoms with Crippen molar-refractivity contribution in [2.45, 2.75) is 11.8 Å². The van der Waals surface area contributed by atoms with E-state index in [1.54, 1.807) is 0 Å². The molecule has 2 heterocycles. The first-order valence-electron chi connectivity index (χ1n) is 3.57. The van der Waals surface area contributed by atoms with Crippen LogP contribution >= 0.6 is 11.6 Å². The molecule has 74 valence electrons. The molecule has 14 heavy (non-hydrogen) atoms. The van der Waals surface area contributed by atoms with Crippen LogP contribution in [0, 0.1) is 0 Å². The maximum atomic E-state index is 12.5. The minimum Gasteiger partial charge on any atom is -0.263 e. The predicted molar refractivity (Wildman–Crippen MR) is 41.8 cm³/mol. The van der Waals surface area contributed by atoms with Crippen molar-refractivity contribution in [2.75, 3.05) is 0 Å². The number of pyridine rings is 1. The van der Waals surface area contributed by atoms with E-state index in [9.17, 15) is 13.2 Å². The van der Waals surface area contributed by atoms with E-state index in [1.807, 2.05) is 0 Å². The van der Waals surface area contributed by atoms with Crippen molar-refractivity contribution in [3.63, 3.8) is 0 Å². The van der Waals surface area contributed by atoms with Gasteiger partial charge in [0.25, 0.3) is 0 Å². The van der Waals surface area contributed by atoms with Crippen molar-refractivity contribution < 1.29 is 13.2 Å². The minimum atomic E-state index is -4.53. The molecule has 0 saturated carbocycles. The molecule has 1 aliphatic rings. The molecule has 3 nitrogen and oxygen atoms in total. The van der Waals surface area contributed by atoms with Crippen molar-refractivity contribution in [3.8, 4) is 0 Å². The van der Waals surface area contributed by atoms with E-state index in [4.69, 9.17) is 11.6 Å². The minimum absolute atomic E-state index is 0.128. The van der Waals surface area contributed by atoms with E-state index in [0.29, 0.717) is 0 Å². The lowest BCUT2D eigenvalue weighted by atomic mass is 10.1. The van der Waals surface area contributed by atoms with Gasteiger partial charge in [-0.2, -0.15) is 13.2 Å². The van der Waals surface area contributed by atoms with Crippen LogP contribution < -0.4 is 0 Å². The van der Waals surface area contributed by atoms with Gasteiger partial charge in [0.05, 0.1) is 5.02 Å². The van der Waals surface area contributed by atoms with Crippen molar-refractivity contribution in [2.24, 2.45) is 10.2 Å². The van der Waals surface area contributed by atoms with Crippen LogP contribution in [-0.2, 0) is 5.66 Å². The first-order valence-corrected chi connectivity index (χ1v) is 3.95. The highest BCUT2D eigenvalue weighted by atomic mass is 35.5. The van der Waals surface area contributed by atoms with Gasteiger partial charge in [-0.15, -0.1) is 10.2 Å². The Hall–Kier alpha value is -1.17. The number of nitrogens with zero attached hydrogens (tertiary/aromatic N) is 3. The fourth-order valence-electron chi connectivity index (χ4n) is 1.05. The Morgan fingerprint density at radius 3 is 2.29 bits per heavy atom. The summed E-state index contributed by atoms with van der Waals surface area (Å²) in [5.74, 6) is 0. The summed E-state index contributed by atoms with van der Waals surface area (Å²) in [6, 6.07) is 1.15. The van der Waals surface area contributed by atoms with Gasteiger partial charge < -0.3 is 0 Å². The summed E-state index contributed by atoms with van der Waals surface area (Å²) in [5, 5.41) is 6.16. The van der Waals surface area contributed by atoms with Gasteiger partial charge in [-0.25, -0.2) is 0 Å². The van der Waals surface area contributed by atoms with Crippen LogP contribution in [0.1, 0.15) is 5.56 Å². The van der Waals surface area contributed by atoms with Gasteiger partial charge in [-0.3, -0.25) is 4.98 Å². The zero-order valence-corrected chi connectivity index (χ0v) is 7.34. The van der Waals surface area contributed by atoms with E-state index in [2.05, 4.69) is 15.2 Å². The van der Waals surface area contributed by atoms with Gasteiger partial charge in [-0.05, 0) is 6.07 Å². The van der Waals surface area contributed by atoms with Crippen molar-refractivity contribution in [1.82, 2.24) is 4.98 Å². The summed E-state index contributed by atoms with van der Waals surface area (Å²) in [7, 11) is 0. The Kier molecular flexibility index (Phi) is 1.79. The number of alkyl halides is 3. The number of halogens is 4. The van der Waals surface area contributed by atoms with Crippen LogP contribution in [0.3, 0.4) is 0 Å². The van der Waals surface area contributed by atoms with E-state index in [0.717, 1.165) is 12.3 Å². The zero-order valence-electron chi connectivity index (χ0n) is 6.59. The number of hydrogen-bond donors (Lipinski definition) is 0. The second-order valence-electron chi connectivity index (χ2n) is 2.76. The Balaban J connectivity index is 2.41. The zero-order chi connectivity index (χ0) is 10.4. The molecule has 0 aliphatic carbocycles. The van der Waals surface area contributed by atoms with Gasteiger partial charge in [0.15, 0.2) is 0 Å². The summed E-state index contributed by atoms with van der Waals surface area (Å²) in [6.07, 6.45) is -2.23. The summed E-state index contributed by atoms with van der Waals surface area (Å²) in [5.41, 5.74) is -2.58.